The van der Waals surface area contributed by atoms with Gasteiger partial charge in [-0.25, -0.2) is 4.79 Å². The van der Waals surface area contributed by atoms with E-state index >= 15 is 0 Å². The first kappa shape index (κ1) is 8.87. The van der Waals surface area contributed by atoms with E-state index in [9.17, 15) is 4.79 Å². The van der Waals surface area contributed by atoms with Gasteiger partial charge in [0.25, 0.3) is 0 Å². The topological polar surface area (TPSA) is 49.3 Å². The monoisotopic (exact) mass is 185 g/mol. The molecule has 1 aromatic rings. The molecule has 0 aliphatic carbocycles. The molecule has 2 N–H and O–H groups in total. The van der Waals surface area contributed by atoms with Crippen molar-refractivity contribution in [2.24, 2.45) is 0 Å². The molecule has 0 amide bonds. The van der Waals surface area contributed by atoms with E-state index in [2.05, 4.69) is 5.32 Å². The van der Waals surface area contributed by atoms with E-state index in [4.69, 9.17) is 16.7 Å². The van der Waals surface area contributed by atoms with Gasteiger partial charge >= 0.3 is 5.97 Å². The van der Waals surface area contributed by atoms with Gasteiger partial charge in [0.05, 0.1) is 5.56 Å². The lowest BCUT2D eigenvalue weighted by atomic mass is 10.2. The molecule has 64 valence electrons. The molecule has 0 aromatic heterocycles. The van der Waals surface area contributed by atoms with Crippen molar-refractivity contribution in [1.82, 2.24) is 0 Å². The van der Waals surface area contributed by atoms with Gasteiger partial charge < -0.3 is 10.4 Å². The molecule has 0 atom stereocenters. The number of nitrogens with one attached hydrogen (secondary N) is 1. The SMILES string of the molecule is CNc1cc(Cl)cc(C(=O)O)c1. The predicted molar refractivity (Wildman–Crippen MR) is 48.0 cm³/mol. The number of anilines is 1. The summed E-state index contributed by atoms with van der Waals surface area (Å²) in [6, 6.07) is 4.59. The molecule has 0 radical (unpaired) electrons. The van der Waals surface area contributed by atoms with Crippen LogP contribution in [0.15, 0.2) is 18.2 Å². The van der Waals surface area contributed by atoms with Crippen molar-refractivity contribution in [2.45, 2.75) is 0 Å². The lowest BCUT2D eigenvalue weighted by molar-refractivity contribution is 0.0697. The molecule has 4 heteroatoms. The molecule has 0 unspecified atom stereocenters. The number of carboxylic acids is 1. The van der Waals surface area contributed by atoms with E-state index in [-0.39, 0.29) is 5.56 Å². The summed E-state index contributed by atoms with van der Waals surface area (Å²) in [5.41, 5.74) is 0.881. The second kappa shape index (κ2) is 3.45. The molecule has 0 bridgehead atoms. The molecule has 12 heavy (non-hydrogen) atoms. The van der Waals surface area contributed by atoms with Crippen LogP contribution >= 0.6 is 11.6 Å². The van der Waals surface area contributed by atoms with Gasteiger partial charge in [0, 0.05) is 17.8 Å². The average molecular weight is 186 g/mol. The summed E-state index contributed by atoms with van der Waals surface area (Å²) in [7, 11) is 1.71. The smallest absolute Gasteiger partial charge is 0.335 e. The van der Waals surface area contributed by atoms with Gasteiger partial charge in [-0.15, -0.1) is 0 Å². The van der Waals surface area contributed by atoms with Crippen LogP contribution in [0, 0.1) is 0 Å². The number of hydrogen-bond donors (Lipinski definition) is 2. The molecule has 0 aliphatic rings. The molecular formula is C8H8ClNO2. The van der Waals surface area contributed by atoms with E-state index in [1.54, 1.807) is 13.1 Å². The van der Waals surface area contributed by atoms with E-state index in [1.165, 1.54) is 12.1 Å². The van der Waals surface area contributed by atoms with Crippen molar-refractivity contribution >= 4 is 23.3 Å². The van der Waals surface area contributed by atoms with Crippen LogP contribution in [0.1, 0.15) is 10.4 Å². The third-order valence-corrected chi connectivity index (χ3v) is 1.65. The minimum atomic E-state index is -0.978. The summed E-state index contributed by atoms with van der Waals surface area (Å²) in [6.45, 7) is 0. The Morgan fingerprint density at radius 1 is 1.50 bits per heavy atom. The normalized spacial score (nSPS) is 9.50. The zero-order valence-electron chi connectivity index (χ0n) is 6.47. The second-order valence-corrected chi connectivity index (χ2v) is 2.72. The van der Waals surface area contributed by atoms with Crippen molar-refractivity contribution in [2.75, 3.05) is 12.4 Å². The van der Waals surface area contributed by atoms with E-state index in [0.717, 1.165) is 0 Å². The van der Waals surface area contributed by atoms with E-state index in [1.807, 2.05) is 0 Å². The van der Waals surface area contributed by atoms with Gasteiger partial charge in [-0.05, 0) is 18.2 Å². The maximum Gasteiger partial charge on any atom is 0.335 e. The summed E-state index contributed by atoms with van der Waals surface area (Å²) in [4.78, 5) is 10.5. The van der Waals surface area contributed by atoms with Crippen LogP contribution in [-0.4, -0.2) is 18.1 Å². The number of carboxylic acid groups (broad SMARTS) is 1. The molecule has 0 saturated carbocycles. The second-order valence-electron chi connectivity index (χ2n) is 2.28. The zero-order chi connectivity index (χ0) is 9.14. The molecule has 0 fully saturated rings. The average Bonchev–Trinajstić information content (AvgIpc) is 2.03. The third kappa shape index (κ3) is 1.89. The quantitative estimate of drug-likeness (QED) is 0.742. The summed E-state index contributed by atoms with van der Waals surface area (Å²) in [5, 5.41) is 11.9. The van der Waals surface area contributed by atoms with Crippen LogP contribution in [0.3, 0.4) is 0 Å². The Balaban J connectivity index is 3.15. The van der Waals surface area contributed by atoms with Crippen molar-refractivity contribution in [3.05, 3.63) is 28.8 Å². The maximum atomic E-state index is 10.5. The van der Waals surface area contributed by atoms with E-state index < -0.39 is 5.97 Å². The van der Waals surface area contributed by atoms with Crippen LogP contribution in [0.4, 0.5) is 5.69 Å². The molecule has 0 saturated heterocycles. The van der Waals surface area contributed by atoms with Crippen LogP contribution < -0.4 is 5.32 Å². The largest absolute Gasteiger partial charge is 0.478 e. The minimum absolute atomic E-state index is 0.187. The Morgan fingerprint density at radius 2 is 2.17 bits per heavy atom. The first-order valence-electron chi connectivity index (χ1n) is 3.35. The van der Waals surface area contributed by atoms with Crippen molar-refractivity contribution in [1.29, 1.82) is 0 Å². The first-order chi connectivity index (χ1) is 5.63. The van der Waals surface area contributed by atoms with Gasteiger partial charge in [-0.1, -0.05) is 11.6 Å². The van der Waals surface area contributed by atoms with Crippen LogP contribution in [-0.2, 0) is 0 Å². The molecule has 1 rings (SSSR count). The number of carbonyl (C=O) groups is 1. The van der Waals surface area contributed by atoms with Crippen LogP contribution in [0.25, 0.3) is 0 Å². The fourth-order valence-electron chi connectivity index (χ4n) is 0.857. The Bertz CT molecular complexity index is 312. The highest BCUT2D eigenvalue weighted by Crippen LogP contribution is 2.18. The van der Waals surface area contributed by atoms with Crippen LogP contribution in [0.2, 0.25) is 5.02 Å². The zero-order valence-corrected chi connectivity index (χ0v) is 7.22. The number of halogens is 1. The van der Waals surface area contributed by atoms with Crippen LogP contribution in [0.5, 0.6) is 0 Å². The lowest BCUT2D eigenvalue weighted by Gasteiger charge is -2.01. The Morgan fingerprint density at radius 3 is 2.67 bits per heavy atom. The molecule has 0 spiro atoms. The number of aromatic carboxylic acids is 1. The lowest BCUT2D eigenvalue weighted by Crippen LogP contribution is -1.97. The van der Waals surface area contributed by atoms with Crippen molar-refractivity contribution in [3.8, 4) is 0 Å². The maximum absolute atomic E-state index is 10.5. The first-order valence-corrected chi connectivity index (χ1v) is 3.73. The molecule has 3 nitrogen and oxygen atoms in total. The number of benzene rings is 1. The van der Waals surface area contributed by atoms with E-state index in [0.29, 0.717) is 10.7 Å². The Kier molecular flexibility index (Phi) is 2.55. The highest BCUT2D eigenvalue weighted by Gasteiger charge is 2.04. The van der Waals surface area contributed by atoms with Gasteiger partial charge in [-0.2, -0.15) is 0 Å². The number of rotatable bonds is 2. The number of hydrogen-bond acceptors (Lipinski definition) is 2. The predicted octanol–water partition coefficient (Wildman–Crippen LogP) is 2.08. The molecule has 0 aliphatic heterocycles. The van der Waals surface area contributed by atoms with Gasteiger partial charge in [-0.3, -0.25) is 0 Å². The molecule has 1 aromatic carbocycles. The summed E-state index contributed by atoms with van der Waals surface area (Å²) < 4.78 is 0. The highest BCUT2D eigenvalue weighted by atomic mass is 35.5. The Hall–Kier alpha value is -1.22. The minimum Gasteiger partial charge on any atom is -0.478 e. The fraction of sp³-hybridized carbons (Fsp3) is 0.125. The third-order valence-electron chi connectivity index (χ3n) is 1.43. The van der Waals surface area contributed by atoms with Crippen molar-refractivity contribution in [3.63, 3.8) is 0 Å². The fourth-order valence-corrected chi connectivity index (χ4v) is 1.09. The van der Waals surface area contributed by atoms with Crippen molar-refractivity contribution < 1.29 is 9.90 Å². The summed E-state index contributed by atoms with van der Waals surface area (Å²) in [6.07, 6.45) is 0. The standard InChI is InChI=1S/C8H8ClNO2/c1-10-7-3-5(8(11)12)2-6(9)4-7/h2-4,10H,1H3,(H,11,12). The molecular weight excluding hydrogens is 178 g/mol. The highest BCUT2D eigenvalue weighted by molar-refractivity contribution is 6.31. The van der Waals surface area contributed by atoms with Gasteiger partial charge in [0.15, 0.2) is 0 Å². The summed E-state index contributed by atoms with van der Waals surface area (Å²) >= 11 is 5.67. The van der Waals surface area contributed by atoms with Gasteiger partial charge in [0.1, 0.15) is 0 Å². The van der Waals surface area contributed by atoms with Gasteiger partial charge in [0.2, 0.25) is 0 Å². The summed E-state index contributed by atoms with van der Waals surface area (Å²) in [5.74, 6) is -0.978. The Labute approximate surface area is 75.0 Å². The molecule has 0 heterocycles.